The van der Waals surface area contributed by atoms with Gasteiger partial charge in [-0.2, -0.15) is 0 Å². The quantitative estimate of drug-likeness (QED) is 0.688. The van der Waals surface area contributed by atoms with Crippen LogP contribution in [0, 0.1) is 0 Å². The molecule has 1 aromatic carbocycles. The van der Waals surface area contributed by atoms with Crippen LogP contribution >= 0.6 is 0 Å². The minimum absolute atomic E-state index is 0.0926. The van der Waals surface area contributed by atoms with E-state index >= 15 is 0 Å². The van der Waals surface area contributed by atoms with Gasteiger partial charge >= 0.3 is 0 Å². The first-order valence-corrected chi connectivity index (χ1v) is 11.7. The maximum Gasteiger partial charge on any atom is 0.227 e. The highest BCUT2D eigenvalue weighted by Crippen LogP contribution is 2.28. The fourth-order valence-corrected chi connectivity index (χ4v) is 4.89. The van der Waals surface area contributed by atoms with Crippen molar-refractivity contribution in [1.82, 2.24) is 14.5 Å². The van der Waals surface area contributed by atoms with E-state index in [1.807, 2.05) is 4.57 Å². The molecular formula is C21H31N3O2S. The Bertz CT molecular complexity index is 830. The van der Waals surface area contributed by atoms with Crippen molar-refractivity contribution in [1.29, 1.82) is 0 Å². The molecule has 2 heterocycles. The lowest BCUT2D eigenvalue weighted by atomic mass is 9.90. The van der Waals surface area contributed by atoms with Crippen molar-refractivity contribution in [2.45, 2.75) is 63.7 Å². The van der Waals surface area contributed by atoms with Crippen LogP contribution in [0.5, 0.6) is 0 Å². The van der Waals surface area contributed by atoms with Crippen molar-refractivity contribution in [3.8, 4) is 0 Å². The Morgan fingerprint density at radius 2 is 1.96 bits per heavy atom. The second-order valence-electron chi connectivity index (χ2n) is 7.43. The molecule has 6 heteroatoms. The van der Waals surface area contributed by atoms with E-state index in [1.165, 1.54) is 18.4 Å². The summed E-state index contributed by atoms with van der Waals surface area (Å²) in [4.78, 5) is 6.75. The smallest absolute Gasteiger partial charge is 0.227 e. The van der Waals surface area contributed by atoms with Crippen LogP contribution in [0.25, 0.3) is 0 Å². The lowest BCUT2D eigenvalue weighted by Crippen LogP contribution is -2.34. The minimum Gasteiger partial charge on any atom is -0.318 e. The lowest BCUT2D eigenvalue weighted by Gasteiger charge is -2.33. The van der Waals surface area contributed by atoms with Gasteiger partial charge in [-0.3, -0.25) is 4.90 Å². The van der Waals surface area contributed by atoms with Gasteiger partial charge in [-0.1, -0.05) is 50.6 Å². The van der Waals surface area contributed by atoms with Crippen LogP contribution in [0.15, 0.2) is 41.7 Å². The number of nitrogens with zero attached hydrogens (tertiary/aromatic N) is 3. The highest BCUT2D eigenvalue weighted by Gasteiger charge is 2.25. The number of hydrogen-bond acceptors (Lipinski definition) is 4. The van der Waals surface area contributed by atoms with E-state index in [0.29, 0.717) is 5.92 Å². The Balaban J connectivity index is 1.78. The van der Waals surface area contributed by atoms with Gasteiger partial charge in [0, 0.05) is 19.6 Å². The molecule has 1 saturated heterocycles. The van der Waals surface area contributed by atoms with Crippen LogP contribution in [-0.2, 0) is 22.9 Å². The number of imidazole rings is 1. The summed E-state index contributed by atoms with van der Waals surface area (Å²) in [7, 11) is -3.30. The number of likely N-dealkylation sites (tertiary alicyclic amines) is 1. The molecular weight excluding hydrogens is 358 g/mol. The number of rotatable bonds is 8. The van der Waals surface area contributed by atoms with Crippen molar-refractivity contribution >= 4 is 9.84 Å². The largest absolute Gasteiger partial charge is 0.318 e. The molecule has 3 rings (SSSR count). The first-order chi connectivity index (χ1) is 13.0. The molecule has 1 aliphatic rings. The molecule has 27 heavy (non-hydrogen) atoms. The monoisotopic (exact) mass is 389 g/mol. The zero-order chi connectivity index (χ0) is 19.3. The summed E-state index contributed by atoms with van der Waals surface area (Å²) in [5, 5.41) is 0.241. The van der Waals surface area contributed by atoms with E-state index in [1.54, 1.807) is 13.1 Å². The third kappa shape index (κ3) is 4.79. The van der Waals surface area contributed by atoms with Gasteiger partial charge in [0.25, 0.3) is 0 Å². The van der Waals surface area contributed by atoms with E-state index in [9.17, 15) is 8.42 Å². The van der Waals surface area contributed by atoms with Gasteiger partial charge in [-0.25, -0.2) is 13.4 Å². The molecule has 1 aromatic heterocycles. The molecule has 0 amide bonds. The second-order valence-corrected chi connectivity index (χ2v) is 9.60. The molecule has 5 nitrogen and oxygen atoms in total. The number of sulfone groups is 1. The van der Waals surface area contributed by atoms with Crippen LogP contribution in [0.3, 0.4) is 0 Å². The third-order valence-corrected chi connectivity index (χ3v) is 7.10. The highest BCUT2D eigenvalue weighted by atomic mass is 32.2. The average Bonchev–Trinajstić information content (AvgIpc) is 3.10. The zero-order valence-corrected chi connectivity index (χ0v) is 17.3. The van der Waals surface area contributed by atoms with Crippen LogP contribution in [-0.4, -0.2) is 41.7 Å². The molecule has 0 N–H and O–H groups in total. The van der Waals surface area contributed by atoms with Gasteiger partial charge in [-0.15, -0.1) is 0 Å². The molecule has 0 bridgehead atoms. The Hall–Kier alpha value is -1.66. The molecule has 148 valence electrons. The van der Waals surface area contributed by atoms with Crippen molar-refractivity contribution in [3.63, 3.8) is 0 Å². The number of piperidine rings is 1. The van der Waals surface area contributed by atoms with Crippen LogP contribution in [0.1, 0.15) is 56.7 Å². The van der Waals surface area contributed by atoms with Crippen molar-refractivity contribution in [3.05, 3.63) is 47.8 Å². The Morgan fingerprint density at radius 1 is 1.19 bits per heavy atom. The predicted molar refractivity (Wildman–Crippen MR) is 109 cm³/mol. The first-order valence-electron chi connectivity index (χ1n) is 10.1. The summed E-state index contributed by atoms with van der Waals surface area (Å²) < 4.78 is 26.8. The van der Waals surface area contributed by atoms with Crippen molar-refractivity contribution < 1.29 is 8.42 Å². The molecule has 1 aliphatic heterocycles. The maximum atomic E-state index is 12.4. The van der Waals surface area contributed by atoms with Gasteiger partial charge in [0.2, 0.25) is 15.0 Å². The van der Waals surface area contributed by atoms with Gasteiger partial charge in [0.05, 0.1) is 17.6 Å². The Labute approximate surface area is 163 Å². The summed E-state index contributed by atoms with van der Waals surface area (Å²) in [5.74, 6) is 0.640. The summed E-state index contributed by atoms with van der Waals surface area (Å²) in [5.41, 5.74) is 2.42. The topological polar surface area (TPSA) is 55.2 Å². The van der Waals surface area contributed by atoms with Gasteiger partial charge in [0.15, 0.2) is 0 Å². The fourth-order valence-electron chi connectivity index (χ4n) is 3.88. The molecule has 0 spiro atoms. The fraction of sp³-hybridized carbons (Fsp3) is 0.571. The summed E-state index contributed by atoms with van der Waals surface area (Å²) >= 11 is 0. The van der Waals surface area contributed by atoms with Crippen LogP contribution < -0.4 is 0 Å². The van der Waals surface area contributed by atoms with Gasteiger partial charge in [-0.05, 0) is 37.3 Å². The summed E-state index contributed by atoms with van der Waals surface area (Å²) in [6.07, 6.45) is 6.14. The third-order valence-electron chi connectivity index (χ3n) is 5.46. The SMILES string of the molecule is CCCCn1c(CN2CCC[C@@H](c3ccccc3)C2)cnc1S(=O)(=O)CC. The number of aromatic nitrogens is 2. The number of unbranched alkanes of at least 4 members (excludes halogenated alkanes) is 1. The van der Waals surface area contributed by atoms with E-state index in [2.05, 4.69) is 47.1 Å². The summed E-state index contributed by atoms with van der Waals surface area (Å²) in [6, 6.07) is 10.7. The highest BCUT2D eigenvalue weighted by molar-refractivity contribution is 7.91. The lowest BCUT2D eigenvalue weighted by molar-refractivity contribution is 0.195. The van der Waals surface area contributed by atoms with Crippen LogP contribution in [0.4, 0.5) is 0 Å². The van der Waals surface area contributed by atoms with E-state index in [0.717, 1.165) is 44.7 Å². The standard InChI is InChI=1S/C21H31N3O2S/c1-3-5-14-24-20(15-22-21(24)27(25,26)4-2)17-23-13-9-12-19(16-23)18-10-7-6-8-11-18/h6-8,10-11,15,19H,3-5,9,12-14,16-17H2,1-2H3/t19-/m1/s1. The zero-order valence-electron chi connectivity index (χ0n) is 16.5. The molecule has 0 aliphatic carbocycles. The molecule has 0 unspecified atom stereocenters. The Kier molecular flexibility index (Phi) is 6.71. The average molecular weight is 390 g/mol. The van der Waals surface area contributed by atoms with Crippen molar-refractivity contribution in [2.75, 3.05) is 18.8 Å². The first kappa shape index (κ1) is 20.1. The molecule has 1 atom stereocenters. The number of benzene rings is 1. The number of hydrogen-bond donors (Lipinski definition) is 0. The van der Waals surface area contributed by atoms with Crippen LogP contribution in [0.2, 0.25) is 0 Å². The summed E-state index contributed by atoms with van der Waals surface area (Å²) in [6.45, 7) is 7.36. The molecule has 0 saturated carbocycles. The minimum atomic E-state index is -3.30. The maximum absolute atomic E-state index is 12.4. The molecule has 0 radical (unpaired) electrons. The van der Waals surface area contributed by atoms with E-state index < -0.39 is 9.84 Å². The molecule has 1 fully saturated rings. The van der Waals surface area contributed by atoms with Crippen molar-refractivity contribution in [2.24, 2.45) is 0 Å². The van der Waals surface area contributed by atoms with E-state index in [-0.39, 0.29) is 10.9 Å². The normalized spacial score (nSPS) is 18.7. The molecule has 2 aromatic rings. The van der Waals surface area contributed by atoms with E-state index in [4.69, 9.17) is 0 Å². The predicted octanol–water partition coefficient (Wildman–Crippen LogP) is 3.86. The van der Waals surface area contributed by atoms with Gasteiger partial charge in [0.1, 0.15) is 0 Å². The van der Waals surface area contributed by atoms with Gasteiger partial charge < -0.3 is 4.57 Å². The second kappa shape index (κ2) is 9.02. The Morgan fingerprint density at radius 3 is 2.67 bits per heavy atom.